The predicted octanol–water partition coefficient (Wildman–Crippen LogP) is 2.64. The van der Waals surface area contributed by atoms with Crippen molar-refractivity contribution in [3.8, 4) is 0 Å². The minimum atomic E-state index is -0.146. The lowest BCUT2D eigenvalue weighted by Gasteiger charge is -2.17. The Kier molecular flexibility index (Phi) is 2.28. The van der Waals surface area contributed by atoms with E-state index in [2.05, 4.69) is 6.08 Å². The molecule has 82 valence electrons. The van der Waals surface area contributed by atoms with Gasteiger partial charge in [0.25, 0.3) is 0 Å². The van der Waals surface area contributed by atoms with Crippen LogP contribution in [0.4, 0.5) is 0 Å². The summed E-state index contributed by atoms with van der Waals surface area (Å²) in [6, 6.07) is 0. The predicted molar refractivity (Wildman–Crippen MR) is 63.5 cm³/mol. The second kappa shape index (κ2) is 3.78. The van der Waals surface area contributed by atoms with Crippen molar-refractivity contribution in [3.63, 3.8) is 0 Å². The van der Waals surface area contributed by atoms with Crippen LogP contribution in [0.5, 0.6) is 0 Å². The van der Waals surface area contributed by atoms with Gasteiger partial charge in [0, 0.05) is 12.0 Å². The number of aryl methyl sites for hydroxylation is 1. The summed E-state index contributed by atoms with van der Waals surface area (Å²) in [5.74, 6) is 0.918. The zero-order valence-corrected chi connectivity index (χ0v) is 9.16. The Morgan fingerprint density at radius 2 is 1.94 bits per heavy atom. The maximum atomic E-state index is 11.9. The molecular formula is C14H14O2. The highest BCUT2D eigenvalue weighted by atomic mass is 16.4. The fourth-order valence-corrected chi connectivity index (χ4v) is 2.55. The topological polar surface area (TPSA) is 30.2 Å². The fourth-order valence-electron chi connectivity index (χ4n) is 2.55. The van der Waals surface area contributed by atoms with Gasteiger partial charge in [0.1, 0.15) is 5.76 Å². The quantitative estimate of drug-likeness (QED) is 0.664. The number of allylic oxidation sites excluding steroid dienone is 3. The van der Waals surface area contributed by atoms with Crippen molar-refractivity contribution in [1.29, 1.82) is 0 Å². The normalized spacial score (nSPS) is 17.8. The van der Waals surface area contributed by atoms with Crippen LogP contribution in [0.25, 0.3) is 6.08 Å². The molecule has 0 atom stereocenters. The Labute approximate surface area is 94.3 Å². The second-order valence-electron chi connectivity index (χ2n) is 4.38. The lowest BCUT2D eigenvalue weighted by atomic mass is 9.90. The van der Waals surface area contributed by atoms with Crippen LogP contribution in [0.15, 0.2) is 27.4 Å². The molecule has 0 aliphatic heterocycles. The van der Waals surface area contributed by atoms with Crippen molar-refractivity contribution in [3.05, 3.63) is 51.1 Å². The highest BCUT2D eigenvalue weighted by molar-refractivity contribution is 5.61. The van der Waals surface area contributed by atoms with Gasteiger partial charge in [-0.25, -0.2) is 4.79 Å². The zero-order chi connectivity index (χ0) is 11.0. The third-order valence-electron chi connectivity index (χ3n) is 3.36. The largest absolute Gasteiger partial charge is 0.427 e. The summed E-state index contributed by atoms with van der Waals surface area (Å²) < 4.78 is 5.43. The molecule has 0 amide bonds. The van der Waals surface area contributed by atoms with Crippen LogP contribution in [-0.2, 0) is 19.3 Å². The van der Waals surface area contributed by atoms with Crippen LogP contribution >= 0.6 is 0 Å². The van der Waals surface area contributed by atoms with Crippen molar-refractivity contribution in [2.75, 3.05) is 0 Å². The van der Waals surface area contributed by atoms with Gasteiger partial charge < -0.3 is 4.42 Å². The average molecular weight is 214 g/mol. The molecule has 2 heteroatoms. The van der Waals surface area contributed by atoms with Crippen LogP contribution in [0.3, 0.4) is 0 Å². The van der Waals surface area contributed by atoms with Crippen LogP contribution in [0.1, 0.15) is 35.3 Å². The number of hydrogen-bond acceptors (Lipinski definition) is 2. The monoisotopic (exact) mass is 214 g/mol. The molecule has 0 saturated heterocycles. The van der Waals surface area contributed by atoms with Crippen LogP contribution in [0, 0.1) is 0 Å². The molecule has 0 aromatic carbocycles. The van der Waals surface area contributed by atoms with Crippen LogP contribution < -0.4 is 5.63 Å². The first-order valence-corrected chi connectivity index (χ1v) is 5.87. The van der Waals surface area contributed by atoms with Crippen LogP contribution in [0.2, 0.25) is 0 Å². The van der Waals surface area contributed by atoms with E-state index in [0.29, 0.717) is 6.42 Å². The second-order valence-corrected chi connectivity index (χ2v) is 4.38. The van der Waals surface area contributed by atoms with Gasteiger partial charge in [-0.05, 0) is 36.8 Å². The molecule has 16 heavy (non-hydrogen) atoms. The number of hydrogen-bond donors (Lipinski definition) is 0. The van der Waals surface area contributed by atoms with Crippen molar-refractivity contribution < 1.29 is 4.42 Å². The molecule has 2 nitrogen and oxygen atoms in total. The molecule has 3 rings (SSSR count). The van der Waals surface area contributed by atoms with Crippen LogP contribution in [-0.4, -0.2) is 0 Å². The van der Waals surface area contributed by atoms with E-state index < -0.39 is 0 Å². The van der Waals surface area contributed by atoms with E-state index in [1.54, 1.807) is 0 Å². The Balaban J connectivity index is 2.28. The molecule has 0 fully saturated rings. The van der Waals surface area contributed by atoms with Crippen molar-refractivity contribution in [1.82, 2.24) is 0 Å². The Morgan fingerprint density at radius 1 is 1.06 bits per heavy atom. The van der Waals surface area contributed by atoms with Crippen molar-refractivity contribution in [2.24, 2.45) is 0 Å². The molecule has 1 aromatic heterocycles. The van der Waals surface area contributed by atoms with Gasteiger partial charge in [0.15, 0.2) is 0 Å². The van der Waals surface area contributed by atoms with Gasteiger partial charge in [-0.2, -0.15) is 0 Å². The molecule has 2 aliphatic carbocycles. The standard InChI is InChI=1S/C14H14O2/c15-14-12-8-3-1-2-6-10(12)11-7-4-5-9-13(11)16-14/h1-3,6H,4-5,7-9H2. The first-order chi connectivity index (χ1) is 7.86. The number of fused-ring (bicyclic) bond motifs is 3. The fraction of sp³-hybridized carbons (Fsp3) is 0.357. The van der Waals surface area contributed by atoms with E-state index in [4.69, 9.17) is 4.42 Å². The molecule has 0 spiro atoms. The molecule has 2 aliphatic rings. The van der Waals surface area contributed by atoms with Gasteiger partial charge in [-0.15, -0.1) is 0 Å². The maximum Gasteiger partial charge on any atom is 0.340 e. The van der Waals surface area contributed by atoms with Gasteiger partial charge in [0.2, 0.25) is 0 Å². The third kappa shape index (κ3) is 1.45. The summed E-state index contributed by atoms with van der Waals surface area (Å²) in [5, 5.41) is 0. The molecule has 1 heterocycles. The summed E-state index contributed by atoms with van der Waals surface area (Å²) in [7, 11) is 0. The van der Waals surface area contributed by atoms with Gasteiger partial charge in [0.05, 0.1) is 0 Å². The lowest BCUT2D eigenvalue weighted by Crippen LogP contribution is -2.16. The molecule has 1 aromatic rings. The van der Waals surface area contributed by atoms with E-state index in [9.17, 15) is 4.79 Å². The Hall–Kier alpha value is -1.57. The summed E-state index contributed by atoms with van der Waals surface area (Å²) in [4.78, 5) is 11.9. The van der Waals surface area contributed by atoms with Gasteiger partial charge in [-0.1, -0.05) is 24.3 Å². The first kappa shape index (κ1) is 9.64. The minimum absolute atomic E-state index is 0.146. The molecule has 0 bridgehead atoms. The van der Waals surface area contributed by atoms with E-state index in [1.807, 2.05) is 18.2 Å². The average Bonchev–Trinajstić information content (AvgIpc) is 2.55. The zero-order valence-electron chi connectivity index (χ0n) is 9.16. The Morgan fingerprint density at radius 3 is 2.88 bits per heavy atom. The Bertz CT molecular complexity index is 532. The summed E-state index contributed by atoms with van der Waals surface area (Å²) in [6.07, 6.45) is 13.1. The van der Waals surface area contributed by atoms with Crippen molar-refractivity contribution >= 4 is 6.08 Å². The molecule has 0 unspecified atom stereocenters. The van der Waals surface area contributed by atoms with Crippen molar-refractivity contribution in [2.45, 2.75) is 32.1 Å². The number of rotatable bonds is 0. The summed E-state index contributed by atoms with van der Waals surface area (Å²) in [6.45, 7) is 0. The minimum Gasteiger partial charge on any atom is -0.427 e. The smallest absolute Gasteiger partial charge is 0.340 e. The van der Waals surface area contributed by atoms with E-state index in [1.165, 1.54) is 12.0 Å². The maximum absolute atomic E-state index is 11.9. The third-order valence-corrected chi connectivity index (χ3v) is 3.36. The first-order valence-electron chi connectivity index (χ1n) is 5.87. The van der Waals surface area contributed by atoms with Gasteiger partial charge >= 0.3 is 5.63 Å². The highest BCUT2D eigenvalue weighted by Crippen LogP contribution is 2.27. The SMILES string of the molecule is O=c1oc2c(c3c1CC=CC=C3)CCCC2. The molecule has 0 N–H and O–H groups in total. The molecule has 0 radical (unpaired) electrons. The lowest BCUT2D eigenvalue weighted by molar-refractivity contribution is 0.422. The van der Waals surface area contributed by atoms with E-state index >= 15 is 0 Å². The molecular weight excluding hydrogens is 200 g/mol. The molecule has 0 saturated carbocycles. The highest BCUT2D eigenvalue weighted by Gasteiger charge is 2.20. The van der Waals surface area contributed by atoms with E-state index in [-0.39, 0.29) is 5.63 Å². The van der Waals surface area contributed by atoms with E-state index in [0.717, 1.165) is 36.1 Å². The summed E-state index contributed by atoms with van der Waals surface area (Å²) >= 11 is 0. The van der Waals surface area contributed by atoms with Gasteiger partial charge in [-0.3, -0.25) is 0 Å². The summed E-state index contributed by atoms with van der Waals surface area (Å²) in [5.41, 5.74) is 3.06.